The first-order valence-corrected chi connectivity index (χ1v) is 5.97. The van der Waals surface area contributed by atoms with Crippen molar-refractivity contribution >= 4 is 16.9 Å². The minimum atomic E-state index is -0.986. The van der Waals surface area contributed by atoms with Crippen LogP contribution in [0.15, 0.2) is 30.3 Å². The number of aromatic carboxylic acids is 1. The van der Waals surface area contributed by atoms with Crippen LogP contribution in [-0.2, 0) is 4.74 Å². The normalized spacial score (nSPS) is 10.6. The third-order valence-electron chi connectivity index (χ3n) is 2.67. The number of aromatic nitrogens is 1. The molecular weight excluding hydrogens is 246 g/mol. The Hall–Kier alpha value is -2.14. The third-order valence-corrected chi connectivity index (χ3v) is 2.67. The summed E-state index contributed by atoms with van der Waals surface area (Å²) in [5.74, 6) is -0.660. The predicted octanol–water partition coefficient (Wildman–Crippen LogP) is 2.35. The number of carbonyl (C=O) groups is 1. The summed E-state index contributed by atoms with van der Waals surface area (Å²) in [6.45, 7) is 1.04. The summed E-state index contributed by atoms with van der Waals surface area (Å²) in [7, 11) is 1.62. The predicted molar refractivity (Wildman–Crippen MR) is 70.7 cm³/mol. The van der Waals surface area contributed by atoms with Gasteiger partial charge in [0, 0.05) is 31.6 Å². The number of benzene rings is 1. The molecule has 19 heavy (non-hydrogen) atoms. The van der Waals surface area contributed by atoms with Crippen molar-refractivity contribution in [2.24, 2.45) is 0 Å². The van der Waals surface area contributed by atoms with Crippen LogP contribution in [0.3, 0.4) is 0 Å². The molecule has 0 aliphatic heterocycles. The van der Waals surface area contributed by atoms with Gasteiger partial charge >= 0.3 is 5.97 Å². The minimum Gasteiger partial charge on any atom is -0.478 e. The minimum absolute atomic E-state index is 0.201. The second-order valence-corrected chi connectivity index (χ2v) is 4.03. The topological polar surface area (TPSA) is 68.7 Å². The summed E-state index contributed by atoms with van der Waals surface area (Å²) >= 11 is 0. The molecule has 0 spiro atoms. The first-order chi connectivity index (χ1) is 9.22. The maximum Gasteiger partial charge on any atom is 0.336 e. The van der Waals surface area contributed by atoms with Crippen molar-refractivity contribution in [3.05, 3.63) is 35.9 Å². The summed E-state index contributed by atoms with van der Waals surface area (Å²) < 4.78 is 10.4. The van der Waals surface area contributed by atoms with E-state index in [0.29, 0.717) is 30.0 Å². The molecule has 0 unspecified atom stereocenters. The highest BCUT2D eigenvalue weighted by atomic mass is 16.5. The number of methoxy groups -OCH3 is 1. The number of rotatable bonds is 6. The largest absolute Gasteiger partial charge is 0.478 e. The average Bonchev–Trinajstić information content (AvgIpc) is 2.42. The number of pyridine rings is 1. The second kappa shape index (κ2) is 6.15. The number of fused-ring (bicyclic) bond motifs is 1. The molecule has 1 aromatic heterocycles. The highest BCUT2D eigenvalue weighted by Gasteiger charge is 2.12. The van der Waals surface area contributed by atoms with Gasteiger partial charge in [0.15, 0.2) is 0 Å². The standard InChI is InChI=1S/C14H15NO4/c1-18-7-4-8-19-13-9-11(14(16)17)10-5-2-3-6-12(10)15-13/h2-3,5-6,9H,4,7-8H2,1H3,(H,16,17). The smallest absolute Gasteiger partial charge is 0.336 e. The fraction of sp³-hybridized carbons (Fsp3) is 0.286. The molecule has 0 aliphatic rings. The molecule has 0 saturated carbocycles. The zero-order valence-corrected chi connectivity index (χ0v) is 10.6. The van der Waals surface area contributed by atoms with E-state index in [1.54, 1.807) is 25.3 Å². The Morgan fingerprint density at radius 1 is 1.32 bits per heavy atom. The molecule has 0 aliphatic carbocycles. The number of carboxylic acid groups (broad SMARTS) is 1. The zero-order valence-electron chi connectivity index (χ0n) is 10.6. The lowest BCUT2D eigenvalue weighted by Gasteiger charge is -2.08. The Bertz CT molecular complexity index is 583. The Balaban J connectivity index is 2.27. The Morgan fingerprint density at radius 2 is 2.11 bits per heavy atom. The lowest BCUT2D eigenvalue weighted by atomic mass is 10.1. The second-order valence-electron chi connectivity index (χ2n) is 4.03. The van der Waals surface area contributed by atoms with Crippen molar-refractivity contribution in [1.29, 1.82) is 0 Å². The van der Waals surface area contributed by atoms with Crippen LogP contribution in [0.5, 0.6) is 5.88 Å². The number of nitrogens with zero attached hydrogens (tertiary/aromatic N) is 1. The third kappa shape index (κ3) is 3.20. The van der Waals surface area contributed by atoms with E-state index in [9.17, 15) is 9.90 Å². The van der Waals surface area contributed by atoms with Crippen LogP contribution in [-0.4, -0.2) is 36.4 Å². The van der Waals surface area contributed by atoms with Gasteiger partial charge in [-0.2, -0.15) is 0 Å². The monoisotopic (exact) mass is 261 g/mol. The van der Waals surface area contributed by atoms with E-state index in [1.165, 1.54) is 6.07 Å². The zero-order chi connectivity index (χ0) is 13.7. The molecule has 0 fully saturated rings. The molecule has 0 saturated heterocycles. The molecule has 0 amide bonds. The van der Waals surface area contributed by atoms with Gasteiger partial charge in [0.2, 0.25) is 5.88 Å². The van der Waals surface area contributed by atoms with Gasteiger partial charge in [0.05, 0.1) is 17.7 Å². The molecule has 2 rings (SSSR count). The summed E-state index contributed by atoms with van der Waals surface area (Å²) in [4.78, 5) is 15.5. The van der Waals surface area contributed by atoms with Crippen LogP contribution in [0.2, 0.25) is 0 Å². The van der Waals surface area contributed by atoms with Crippen molar-refractivity contribution in [3.8, 4) is 5.88 Å². The van der Waals surface area contributed by atoms with Crippen molar-refractivity contribution in [2.45, 2.75) is 6.42 Å². The number of para-hydroxylation sites is 1. The Labute approximate surface area is 110 Å². The van der Waals surface area contributed by atoms with E-state index in [4.69, 9.17) is 9.47 Å². The molecule has 0 bridgehead atoms. The SMILES string of the molecule is COCCCOc1cc(C(=O)O)c2ccccc2n1. The van der Waals surface area contributed by atoms with Crippen molar-refractivity contribution in [1.82, 2.24) is 4.98 Å². The number of hydrogen-bond acceptors (Lipinski definition) is 4. The van der Waals surface area contributed by atoms with Gasteiger partial charge < -0.3 is 14.6 Å². The fourth-order valence-corrected chi connectivity index (χ4v) is 1.78. The highest BCUT2D eigenvalue weighted by Crippen LogP contribution is 2.22. The molecule has 2 aromatic rings. The summed E-state index contributed by atoms with van der Waals surface area (Å²) in [6.07, 6.45) is 0.730. The van der Waals surface area contributed by atoms with Crippen LogP contribution in [0.25, 0.3) is 10.9 Å². The summed E-state index contributed by atoms with van der Waals surface area (Å²) in [6, 6.07) is 8.56. The molecule has 100 valence electrons. The van der Waals surface area contributed by atoms with E-state index in [-0.39, 0.29) is 5.56 Å². The maximum absolute atomic E-state index is 11.2. The first kappa shape index (κ1) is 13.3. The quantitative estimate of drug-likeness (QED) is 0.808. The van der Waals surface area contributed by atoms with Gasteiger partial charge in [-0.15, -0.1) is 0 Å². The van der Waals surface area contributed by atoms with Gasteiger partial charge in [-0.25, -0.2) is 9.78 Å². The van der Waals surface area contributed by atoms with Gasteiger partial charge in [-0.3, -0.25) is 0 Å². The molecule has 5 heteroatoms. The number of carboxylic acids is 1. The van der Waals surface area contributed by atoms with E-state index in [1.807, 2.05) is 6.07 Å². The van der Waals surface area contributed by atoms with Crippen LogP contribution in [0.4, 0.5) is 0 Å². The maximum atomic E-state index is 11.2. The van der Waals surface area contributed by atoms with E-state index < -0.39 is 5.97 Å². The lowest BCUT2D eigenvalue weighted by molar-refractivity contribution is 0.0698. The molecule has 1 N–H and O–H groups in total. The van der Waals surface area contributed by atoms with Gasteiger partial charge in [-0.05, 0) is 6.07 Å². The van der Waals surface area contributed by atoms with Gasteiger partial charge in [0.1, 0.15) is 0 Å². The average molecular weight is 261 g/mol. The first-order valence-electron chi connectivity index (χ1n) is 5.97. The number of ether oxygens (including phenoxy) is 2. The van der Waals surface area contributed by atoms with E-state index in [0.717, 1.165) is 6.42 Å². The molecule has 1 aromatic carbocycles. The number of hydrogen-bond donors (Lipinski definition) is 1. The molecule has 5 nitrogen and oxygen atoms in total. The van der Waals surface area contributed by atoms with Crippen molar-refractivity contribution < 1.29 is 19.4 Å². The van der Waals surface area contributed by atoms with Crippen LogP contribution in [0, 0.1) is 0 Å². The summed E-state index contributed by atoms with van der Waals surface area (Å²) in [5.41, 5.74) is 0.816. The molecule has 0 atom stereocenters. The van der Waals surface area contributed by atoms with Crippen LogP contribution in [0.1, 0.15) is 16.8 Å². The molecular formula is C14H15NO4. The summed E-state index contributed by atoms with van der Waals surface area (Å²) in [5, 5.41) is 9.82. The molecule has 0 radical (unpaired) electrons. The van der Waals surface area contributed by atoms with Crippen molar-refractivity contribution in [2.75, 3.05) is 20.3 Å². The van der Waals surface area contributed by atoms with Crippen LogP contribution < -0.4 is 4.74 Å². The van der Waals surface area contributed by atoms with Crippen LogP contribution >= 0.6 is 0 Å². The molecule has 1 heterocycles. The van der Waals surface area contributed by atoms with E-state index in [2.05, 4.69) is 4.98 Å². The van der Waals surface area contributed by atoms with E-state index >= 15 is 0 Å². The van der Waals surface area contributed by atoms with Gasteiger partial charge in [0.25, 0.3) is 0 Å². The lowest BCUT2D eigenvalue weighted by Crippen LogP contribution is -2.05. The fourth-order valence-electron chi connectivity index (χ4n) is 1.78. The van der Waals surface area contributed by atoms with Crippen molar-refractivity contribution in [3.63, 3.8) is 0 Å². The Morgan fingerprint density at radius 3 is 2.84 bits per heavy atom. The highest BCUT2D eigenvalue weighted by molar-refractivity contribution is 6.02. The van der Waals surface area contributed by atoms with Gasteiger partial charge in [-0.1, -0.05) is 18.2 Å². The Kier molecular flexibility index (Phi) is 4.30.